The third-order valence-corrected chi connectivity index (χ3v) is 10.2. The van der Waals surface area contributed by atoms with Crippen LogP contribution in [0.3, 0.4) is 0 Å². The highest BCUT2D eigenvalue weighted by atomic mass is 15.1. The molecular weight excluding hydrogens is 597 g/mol. The molecule has 2 aromatic heterocycles. The molecule has 9 aromatic carbocycles. The van der Waals surface area contributed by atoms with Crippen molar-refractivity contribution in [3.05, 3.63) is 158 Å². The Kier molecular flexibility index (Phi) is 5.35. The maximum absolute atomic E-state index is 5.06. The first-order valence-electron chi connectivity index (χ1n) is 16.6. The van der Waals surface area contributed by atoms with Crippen LogP contribution in [0, 0.1) is 0 Å². The molecule has 2 heterocycles. The molecule has 0 N–H and O–H groups in total. The second-order valence-corrected chi connectivity index (χ2v) is 12.8. The van der Waals surface area contributed by atoms with Gasteiger partial charge in [-0.25, -0.2) is 9.97 Å². The molecule has 0 aliphatic heterocycles. The predicted molar refractivity (Wildman–Crippen MR) is 204 cm³/mol. The smallest absolute Gasteiger partial charge is 0.157 e. The molecule has 0 saturated carbocycles. The highest BCUT2D eigenvalue weighted by molar-refractivity contribution is 6.37. The highest BCUT2D eigenvalue weighted by Crippen LogP contribution is 2.44. The zero-order valence-electron chi connectivity index (χ0n) is 26.3. The maximum atomic E-state index is 5.06. The molecule has 0 aliphatic rings. The minimum absolute atomic E-state index is 0.732. The van der Waals surface area contributed by atoms with Gasteiger partial charge in [0.1, 0.15) is 5.82 Å². The van der Waals surface area contributed by atoms with Gasteiger partial charge in [-0.2, -0.15) is 0 Å². The topological polar surface area (TPSA) is 43.6 Å². The minimum atomic E-state index is 0.732. The van der Waals surface area contributed by atoms with Gasteiger partial charge in [-0.15, -0.1) is 0 Å². The predicted octanol–water partition coefficient (Wildman–Crippen LogP) is 11.5. The summed E-state index contributed by atoms with van der Waals surface area (Å²) in [6.45, 7) is 0. The summed E-state index contributed by atoms with van der Waals surface area (Å²) in [6.07, 6.45) is 3.78. The average molecular weight is 623 g/mol. The fourth-order valence-corrected chi connectivity index (χ4v) is 8.06. The minimum Gasteiger partial charge on any atom is -0.275 e. The van der Waals surface area contributed by atoms with E-state index in [0.717, 1.165) is 39.5 Å². The lowest BCUT2D eigenvalue weighted by Crippen LogP contribution is -2.01. The van der Waals surface area contributed by atoms with Gasteiger partial charge in [-0.3, -0.25) is 9.55 Å². The van der Waals surface area contributed by atoms with Gasteiger partial charge >= 0.3 is 0 Å². The Bertz CT molecular complexity index is 3080. The molecule has 4 nitrogen and oxygen atoms in total. The standard InChI is InChI=1S/C45H26N4/c1-2-9-30(10-3-1)45-48-37-17-4-5-18-39(37)49(45)40-26-46-38(25-47-40)32-23-31-22-21-29-12-7-15-34-33-14-6-11-27-19-20-28-13-8-16-35(43(28)41(27)33)36(24-32)44(31)42(29)34/h1-26H. The number of benzene rings is 8. The fraction of sp³-hybridized carbons (Fsp3) is 0. The largest absolute Gasteiger partial charge is 0.275 e. The van der Waals surface area contributed by atoms with Crippen LogP contribution in [0.1, 0.15) is 0 Å². The maximum Gasteiger partial charge on any atom is 0.157 e. The van der Waals surface area contributed by atoms with E-state index >= 15 is 0 Å². The van der Waals surface area contributed by atoms with Gasteiger partial charge in [0.2, 0.25) is 0 Å². The van der Waals surface area contributed by atoms with E-state index in [-0.39, 0.29) is 0 Å². The summed E-state index contributed by atoms with van der Waals surface area (Å²) in [5.74, 6) is 1.58. The first kappa shape index (κ1) is 26.4. The molecule has 0 unspecified atom stereocenters. The van der Waals surface area contributed by atoms with Gasteiger partial charge in [-0.05, 0) is 88.9 Å². The second kappa shape index (κ2) is 9.93. The van der Waals surface area contributed by atoms with E-state index in [9.17, 15) is 0 Å². The molecule has 0 aliphatic carbocycles. The summed E-state index contributed by atoms with van der Waals surface area (Å²) in [4.78, 5) is 15.1. The van der Waals surface area contributed by atoms with Crippen LogP contribution >= 0.6 is 0 Å². The Labute approximate surface area is 280 Å². The van der Waals surface area contributed by atoms with Gasteiger partial charge in [0.15, 0.2) is 5.82 Å². The molecule has 4 heteroatoms. The zero-order valence-corrected chi connectivity index (χ0v) is 26.3. The number of nitrogens with zero attached hydrogens (tertiary/aromatic N) is 4. The fourth-order valence-electron chi connectivity index (χ4n) is 8.06. The number of imidazole rings is 1. The lowest BCUT2D eigenvalue weighted by molar-refractivity contribution is 1.01. The summed E-state index contributed by atoms with van der Waals surface area (Å²) >= 11 is 0. The highest BCUT2D eigenvalue weighted by Gasteiger charge is 2.18. The van der Waals surface area contributed by atoms with Crippen molar-refractivity contribution in [3.8, 4) is 28.5 Å². The summed E-state index contributed by atoms with van der Waals surface area (Å²) in [5.41, 5.74) is 4.81. The van der Waals surface area contributed by atoms with E-state index in [0.29, 0.717) is 0 Å². The van der Waals surface area contributed by atoms with Crippen molar-refractivity contribution in [1.82, 2.24) is 19.5 Å². The summed E-state index contributed by atoms with van der Waals surface area (Å²) < 4.78 is 2.10. The van der Waals surface area contributed by atoms with Crippen molar-refractivity contribution < 1.29 is 0 Å². The lowest BCUT2D eigenvalue weighted by atomic mass is 9.87. The van der Waals surface area contributed by atoms with Crippen molar-refractivity contribution in [2.75, 3.05) is 0 Å². The molecule has 49 heavy (non-hydrogen) atoms. The Morgan fingerprint density at radius 2 is 1.00 bits per heavy atom. The van der Waals surface area contributed by atoms with Crippen LogP contribution < -0.4 is 0 Å². The van der Waals surface area contributed by atoms with Crippen LogP contribution in [0.25, 0.3) is 104 Å². The summed E-state index contributed by atoms with van der Waals surface area (Å²) in [7, 11) is 0. The number of hydrogen-bond donors (Lipinski definition) is 0. The lowest BCUT2D eigenvalue weighted by Gasteiger charge is -2.17. The molecule has 0 radical (unpaired) electrons. The van der Waals surface area contributed by atoms with Crippen LogP contribution in [-0.4, -0.2) is 19.5 Å². The normalized spacial score (nSPS) is 12.1. The van der Waals surface area contributed by atoms with Crippen molar-refractivity contribution in [3.63, 3.8) is 0 Å². The van der Waals surface area contributed by atoms with Crippen molar-refractivity contribution in [2.45, 2.75) is 0 Å². The quantitative estimate of drug-likeness (QED) is 0.184. The molecule has 0 bridgehead atoms. The van der Waals surface area contributed by atoms with Crippen LogP contribution in [0.5, 0.6) is 0 Å². The number of aromatic nitrogens is 4. The molecule has 11 aromatic rings. The molecular formula is C45H26N4. The van der Waals surface area contributed by atoms with Crippen LogP contribution in [0.15, 0.2) is 158 Å². The first-order valence-corrected chi connectivity index (χ1v) is 16.6. The van der Waals surface area contributed by atoms with E-state index in [2.05, 4.69) is 114 Å². The zero-order chi connectivity index (χ0) is 32.1. The second-order valence-electron chi connectivity index (χ2n) is 12.8. The molecule has 0 atom stereocenters. The number of fused-ring (bicyclic) bond motifs is 3. The monoisotopic (exact) mass is 622 g/mol. The van der Waals surface area contributed by atoms with Crippen LogP contribution in [0.2, 0.25) is 0 Å². The van der Waals surface area contributed by atoms with Crippen molar-refractivity contribution >= 4 is 75.7 Å². The van der Waals surface area contributed by atoms with Gasteiger partial charge in [0.05, 0.1) is 29.1 Å². The molecule has 0 saturated heterocycles. The van der Waals surface area contributed by atoms with Crippen molar-refractivity contribution in [2.24, 2.45) is 0 Å². The Morgan fingerprint density at radius 1 is 0.408 bits per heavy atom. The molecule has 0 fully saturated rings. The molecule has 0 amide bonds. The SMILES string of the molecule is c1ccc(-c2nc3ccccc3n2-c2cnc(-c3cc4ccc5cccc6c7cccc8ccc9cccc(c(c3)c4c56)c9c87)cn2)cc1. The van der Waals surface area contributed by atoms with Gasteiger partial charge < -0.3 is 0 Å². The number of para-hydroxylation sites is 2. The molecule has 0 spiro atoms. The molecule has 226 valence electrons. The van der Waals surface area contributed by atoms with E-state index in [4.69, 9.17) is 15.0 Å². The van der Waals surface area contributed by atoms with Crippen molar-refractivity contribution in [1.29, 1.82) is 0 Å². The van der Waals surface area contributed by atoms with E-state index in [1.807, 2.05) is 48.8 Å². The summed E-state index contributed by atoms with van der Waals surface area (Å²) in [5, 5.41) is 15.1. The summed E-state index contributed by atoms with van der Waals surface area (Å²) in [6, 6.07) is 52.2. The molecule has 11 rings (SSSR count). The average Bonchev–Trinajstić information content (AvgIpc) is 3.56. The van der Waals surface area contributed by atoms with Gasteiger partial charge in [0, 0.05) is 11.1 Å². The third kappa shape index (κ3) is 3.77. The first-order chi connectivity index (χ1) is 24.3. The third-order valence-electron chi connectivity index (χ3n) is 10.2. The van der Waals surface area contributed by atoms with Crippen LogP contribution in [0.4, 0.5) is 0 Å². The van der Waals surface area contributed by atoms with E-state index < -0.39 is 0 Å². The Balaban J connectivity index is 1.20. The van der Waals surface area contributed by atoms with Gasteiger partial charge in [0.25, 0.3) is 0 Å². The van der Waals surface area contributed by atoms with Gasteiger partial charge in [-0.1, -0.05) is 121 Å². The number of hydrogen-bond acceptors (Lipinski definition) is 3. The van der Waals surface area contributed by atoms with E-state index in [1.54, 1.807) is 0 Å². The van der Waals surface area contributed by atoms with Crippen LogP contribution in [-0.2, 0) is 0 Å². The Hall–Kier alpha value is -6.65. The van der Waals surface area contributed by atoms with E-state index in [1.165, 1.54) is 64.6 Å². The number of rotatable bonds is 3. The Morgan fingerprint density at radius 3 is 1.65 bits per heavy atom.